The monoisotopic (exact) mass is 559 g/mol. The SMILES string of the molecule is Cc1nc(NC(=O)c2ccc(C(=O)O)c(F)c2)ccc1-n1c(-c2cccnc2N)nc2ccc(-c3ccccc3)nc21. The third-order valence-electron chi connectivity index (χ3n) is 6.66. The first-order valence-corrected chi connectivity index (χ1v) is 12.8. The van der Waals surface area contributed by atoms with Gasteiger partial charge in [-0.3, -0.25) is 9.36 Å². The number of carboxylic acid groups (broad SMARTS) is 1. The zero-order valence-electron chi connectivity index (χ0n) is 22.1. The molecule has 4 N–H and O–H groups in total. The molecule has 4 aromatic heterocycles. The number of pyridine rings is 3. The molecule has 0 aliphatic heterocycles. The molecule has 2 aromatic carbocycles. The topological polar surface area (TPSA) is 149 Å². The van der Waals surface area contributed by atoms with E-state index in [4.69, 9.17) is 20.8 Å². The molecule has 10 nitrogen and oxygen atoms in total. The van der Waals surface area contributed by atoms with Crippen LogP contribution in [0.1, 0.15) is 26.4 Å². The quantitative estimate of drug-likeness (QED) is 0.241. The number of carbonyl (C=O) groups excluding carboxylic acids is 1. The first-order valence-electron chi connectivity index (χ1n) is 12.8. The van der Waals surface area contributed by atoms with Crippen LogP contribution in [0.2, 0.25) is 0 Å². The van der Waals surface area contributed by atoms with Crippen LogP contribution in [-0.2, 0) is 0 Å². The molecule has 42 heavy (non-hydrogen) atoms. The number of benzene rings is 2. The minimum absolute atomic E-state index is 0.0476. The first-order chi connectivity index (χ1) is 20.3. The highest BCUT2D eigenvalue weighted by Gasteiger charge is 2.21. The van der Waals surface area contributed by atoms with Crippen LogP contribution >= 0.6 is 0 Å². The number of anilines is 2. The van der Waals surface area contributed by atoms with Crippen molar-refractivity contribution >= 4 is 34.7 Å². The summed E-state index contributed by atoms with van der Waals surface area (Å²) in [6.45, 7) is 1.77. The zero-order chi connectivity index (χ0) is 29.4. The number of aromatic nitrogens is 5. The molecule has 206 valence electrons. The number of rotatable bonds is 6. The number of aryl methyl sites for hydroxylation is 1. The molecule has 1 amide bonds. The van der Waals surface area contributed by atoms with Crippen molar-refractivity contribution in [2.45, 2.75) is 6.92 Å². The fourth-order valence-corrected chi connectivity index (χ4v) is 4.62. The Morgan fingerprint density at radius 1 is 0.929 bits per heavy atom. The number of carboxylic acids is 1. The molecule has 0 aliphatic carbocycles. The van der Waals surface area contributed by atoms with Crippen molar-refractivity contribution in [3.05, 3.63) is 114 Å². The van der Waals surface area contributed by atoms with Crippen LogP contribution in [0.25, 0.3) is 39.5 Å². The van der Waals surface area contributed by atoms with Gasteiger partial charge in [0.25, 0.3) is 5.91 Å². The Labute approximate surface area is 238 Å². The maximum absolute atomic E-state index is 14.1. The summed E-state index contributed by atoms with van der Waals surface area (Å²) in [6.07, 6.45) is 1.60. The van der Waals surface area contributed by atoms with Gasteiger partial charge in [-0.05, 0) is 61.5 Å². The van der Waals surface area contributed by atoms with Gasteiger partial charge >= 0.3 is 5.97 Å². The second-order valence-corrected chi connectivity index (χ2v) is 9.37. The summed E-state index contributed by atoms with van der Waals surface area (Å²) >= 11 is 0. The third kappa shape index (κ3) is 4.79. The number of fused-ring (bicyclic) bond motifs is 1. The van der Waals surface area contributed by atoms with Crippen LogP contribution in [-0.4, -0.2) is 41.5 Å². The Morgan fingerprint density at radius 3 is 2.45 bits per heavy atom. The van der Waals surface area contributed by atoms with E-state index in [0.717, 1.165) is 23.4 Å². The summed E-state index contributed by atoms with van der Waals surface area (Å²) in [4.78, 5) is 42.5. The molecule has 0 fully saturated rings. The third-order valence-corrected chi connectivity index (χ3v) is 6.66. The van der Waals surface area contributed by atoms with E-state index in [-0.39, 0.29) is 11.4 Å². The summed E-state index contributed by atoms with van der Waals surface area (Å²) in [7, 11) is 0. The summed E-state index contributed by atoms with van der Waals surface area (Å²) < 4.78 is 16.0. The van der Waals surface area contributed by atoms with Crippen LogP contribution in [0.4, 0.5) is 16.0 Å². The summed E-state index contributed by atoms with van der Waals surface area (Å²) in [5.74, 6) is -2.04. The number of imidazole rings is 1. The van der Waals surface area contributed by atoms with Gasteiger partial charge in [-0.1, -0.05) is 30.3 Å². The Bertz CT molecular complexity index is 2010. The van der Waals surface area contributed by atoms with Crippen LogP contribution in [0.15, 0.2) is 91.1 Å². The predicted octanol–water partition coefficient (Wildman–Crippen LogP) is 5.52. The molecular formula is C31H22FN7O3. The summed E-state index contributed by atoms with van der Waals surface area (Å²) in [5.41, 5.74) is 10.4. The lowest BCUT2D eigenvalue weighted by atomic mass is 10.1. The van der Waals surface area contributed by atoms with E-state index in [9.17, 15) is 14.0 Å². The molecule has 0 saturated carbocycles. The molecule has 0 bridgehead atoms. The van der Waals surface area contributed by atoms with Crippen molar-refractivity contribution in [3.63, 3.8) is 0 Å². The minimum atomic E-state index is -1.42. The number of nitrogen functional groups attached to an aromatic ring is 1. The lowest BCUT2D eigenvalue weighted by Crippen LogP contribution is -2.15. The maximum Gasteiger partial charge on any atom is 0.338 e. The molecule has 0 radical (unpaired) electrons. The van der Waals surface area contributed by atoms with E-state index in [1.54, 1.807) is 31.3 Å². The van der Waals surface area contributed by atoms with Crippen LogP contribution < -0.4 is 11.1 Å². The smallest absolute Gasteiger partial charge is 0.338 e. The van der Waals surface area contributed by atoms with Gasteiger partial charge in [0.1, 0.15) is 23.0 Å². The van der Waals surface area contributed by atoms with Crippen molar-refractivity contribution in [3.8, 4) is 28.3 Å². The molecule has 6 rings (SSSR count). The van der Waals surface area contributed by atoms with Crippen LogP contribution in [0, 0.1) is 12.7 Å². The lowest BCUT2D eigenvalue weighted by Gasteiger charge is -2.14. The van der Waals surface area contributed by atoms with Gasteiger partial charge in [-0.2, -0.15) is 0 Å². The van der Waals surface area contributed by atoms with Crippen molar-refractivity contribution in [1.29, 1.82) is 0 Å². The van der Waals surface area contributed by atoms with Gasteiger partial charge in [0, 0.05) is 17.3 Å². The molecular weight excluding hydrogens is 537 g/mol. The van der Waals surface area contributed by atoms with E-state index < -0.39 is 23.3 Å². The second-order valence-electron chi connectivity index (χ2n) is 9.37. The number of hydrogen-bond donors (Lipinski definition) is 3. The second kappa shape index (κ2) is 10.5. The minimum Gasteiger partial charge on any atom is -0.478 e. The zero-order valence-corrected chi connectivity index (χ0v) is 22.1. The van der Waals surface area contributed by atoms with Gasteiger partial charge in [-0.15, -0.1) is 0 Å². The number of nitrogens with one attached hydrogen (secondary N) is 1. The Morgan fingerprint density at radius 2 is 1.74 bits per heavy atom. The Balaban J connectivity index is 1.43. The van der Waals surface area contributed by atoms with Crippen LogP contribution in [0.3, 0.4) is 0 Å². The molecule has 6 aromatic rings. The van der Waals surface area contributed by atoms with Gasteiger partial charge in [0.2, 0.25) is 0 Å². The van der Waals surface area contributed by atoms with E-state index in [1.165, 1.54) is 6.07 Å². The van der Waals surface area contributed by atoms with Gasteiger partial charge in [-0.25, -0.2) is 29.1 Å². The van der Waals surface area contributed by atoms with Gasteiger partial charge < -0.3 is 16.2 Å². The summed E-state index contributed by atoms with van der Waals surface area (Å²) in [5, 5.41) is 11.7. The highest BCUT2D eigenvalue weighted by atomic mass is 19.1. The number of halogens is 1. The number of nitrogens with zero attached hydrogens (tertiary/aromatic N) is 5. The van der Waals surface area contributed by atoms with E-state index in [1.807, 2.05) is 53.1 Å². The molecule has 4 heterocycles. The molecule has 0 spiro atoms. The molecule has 0 aliphatic rings. The number of aromatic carboxylic acids is 1. The average molecular weight is 560 g/mol. The molecule has 11 heteroatoms. The average Bonchev–Trinajstić information content (AvgIpc) is 3.36. The first kappa shape index (κ1) is 26.3. The molecule has 0 saturated heterocycles. The number of hydrogen-bond acceptors (Lipinski definition) is 7. The lowest BCUT2D eigenvalue weighted by molar-refractivity contribution is 0.0691. The Kier molecular flexibility index (Phi) is 6.59. The standard InChI is InChI=1S/C31H22FN7O3/c1-17-25(13-14-26(35-17)38-30(40)19-9-10-20(31(41)42)22(32)16-19)39-28(21-8-5-15-34-27(21)33)37-24-12-11-23(36-29(24)39)18-6-3-2-4-7-18/h2-16H,1H3,(H2,33,34)(H,41,42)(H,35,38,40). The highest BCUT2D eigenvalue weighted by molar-refractivity contribution is 6.04. The van der Waals surface area contributed by atoms with Crippen LogP contribution in [0.5, 0.6) is 0 Å². The van der Waals surface area contributed by atoms with Gasteiger partial charge in [0.05, 0.1) is 28.2 Å². The largest absolute Gasteiger partial charge is 0.478 e. The fraction of sp³-hybridized carbons (Fsp3) is 0.0323. The highest BCUT2D eigenvalue weighted by Crippen LogP contribution is 2.32. The Hall–Kier alpha value is -5.97. The van der Waals surface area contributed by atoms with Crippen molar-refractivity contribution in [1.82, 2.24) is 24.5 Å². The van der Waals surface area contributed by atoms with Gasteiger partial charge in [0.15, 0.2) is 11.5 Å². The summed E-state index contributed by atoms with van der Waals surface area (Å²) in [6, 6.07) is 23.7. The maximum atomic E-state index is 14.1. The van der Waals surface area contributed by atoms with Crippen molar-refractivity contribution in [2.75, 3.05) is 11.1 Å². The van der Waals surface area contributed by atoms with E-state index in [2.05, 4.69) is 15.3 Å². The molecule has 0 unspecified atom stereocenters. The number of nitrogens with two attached hydrogens (primary N) is 1. The number of amides is 1. The van der Waals surface area contributed by atoms with Crippen molar-refractivity contribution in [2.24, 2.45) is 0 Å². The predicted molar refractivity (Wildman–Crippen MR) is 156 cm³/mol. The molecule has 0 atom stereocenters. The fourth-order valence-electron chi connectivity index (χ4n) is 4.62. The van der Waals surface area contributed by atoms with Crippen molar-refractivity contribution < 1.29 is 19.1 Å². The van der Waals surface area contributed by atoms with E-state index in [0.29, 0.717) is 39.8 Å². The number of carbonyl (C=O) groups is 2. The normalized spacial score (nSPS) is 11.0. The van der Waals surface area contributed by atoms with E-state index >= 15 is 0 Å².